The number of carbonyl (C=O) groups is 3. The Hall–Kier alpha value is -2.81. The summed E-state index contributed by atoms with van der Waals surface area (Å²) < 4.78 is 38.8. The standard InChI is InChI=1S/C19H15F3N2O3S/c20-19(21,22)14-7-3-4-8-15(14)23-16(25)11-28-10-9-24-17(26)12-5-1-2-6-13(12)18(24)27/h1-8H,9-11H2,(H,23,25). The van der Waals surface area contributed by atoms with Crippen LogP contribution in [0.2, 0.25) is 0 Å². The molecule has 0 bridgehead atoms. The summed E-state index contributed by atoms with van der Waals surface area (Å²) >= 11 is 1.12. The molecule has 5 nitrogen and oxygen atoms in total. The lowest BCUT2D eigenvalue weighted by atomic mass is 10.1. The lowest BCUT2D eigenvalue weighted by molar-refractivity contribution is -0.137. The fraction of sp³-hybridized carbons (Fsp3) is 0.211. The summed E-state index contributed by atoms with van der Waals surface area (Å²) in [7, 11) is 0. The zero-order valence-electron chi connectivity index (χ0n) is 14.5. The number of fused-ring (bicyclic) bond motifs is 1. The summed E-state index contributed by atoms with van der Waals surface area (Å²) in [5.74, 6) is -1.17. The summed E-state index contributed by atoms with van der Waals surface area (Å²) in [6.45, 7) is 0.115. The van der Waals surface area contributed by atoms with Crippen molar-refractivity contribution in [2.75, 3.05) is 23.4 Å². The number of nitrogens with zero attached hydrogens (tertiary/aromatic N) is 1. The number of benzene rings is 2. The van der Waals surface area contributed by atoms with Crippen LogP contribution in [-0.4, -0.2) is 40.7 Å². The fourth-order valence-electron chi connectivity index (χ4n) is 2.79. The van der Waals surface area contributed by atoms with Gasteiger partial charge in [0.1, 0.15) is 0 Å². The molecule has 28 heavy (non-hydrogen) atoms. The van der Waals surface area contributed by atoms with Crippen molar-refractivity contribution in [3.8, 4) is 0 Å². The molecule has 146 valence electrons. The first-order chi connectivity index (χ1) is 13.3. The van der Waals surface area contributed by atoms with Gasteiger partial charge in [0.05, 0.1) is 28.1 Å². The number of hydrogen-bond donors (Lipinski definition) is 1. The average molecular weight is 408 g/mol. The molecule has 0 spiro atoms. The number of carbonyl (C=O) groups excluding carboxylic acids is 3. The van der Waals surface area contributed by atoms with Gasteiger partial charge in [-0.15, -0.1) is 0 Å². The Morgan fingerprint density at radius 3 is 2.14 bits per heavy atom. The van der Waals surface area contributed by atoms with E-state index in [-0.39, 0.29) is 29.8 Å². The van der Waals surface area contributed by atoms with Gasteiger partial charge in [0.2, 0.25) is 5.91 Å². The number of thioether (sulfide) groups is 1. The molecule has 0 fully saturated rings. The third-order valence-corrected chi connectivity index (χ3v) is 5.01. The molecule has 0 aliphatic carbocycles. The Bertz CT molecular complexity index is 896. The van der Waals surface area contributed by atoms with Crippen LogP contribution in [0.3, 0.4) is 0 Å². The molecular weight excluding hydrogens is 393 g/mol. The topological polar surface area (TPSA) is 66.5 Å². The first-order valence-corrected chi connectivity index (χ1v) is 9.43. The minimum atomic E-state index is -4.57. The molecule has 0 saturated heterocycles. The zero-order valence-corrected chi connectivity index (χ0v) is 15.3. The van der Waals surface area contributed by atoms with E-state index >= 15 is 0 Å². The van der Waals surface area contributed by atoms with E-state index in [0.29, 0.717) is 16.9 Å². The van der Waals surface area contributed by atoms with Crippen LogP contribution in [0, 0.1) is 0 Å². The second kappa shape index (κ2) is 8.05. The Morgan fingerprint density at radius 1 is 0.964 bits per heavy atom. The SMILES string of the molecule is O=C(CSCCN1C(=O)c2ccccc2C1=O)Nc1ccccc1C(F)(F)F. The molecule has 2 aromatic rings. The van der Waals surface area contributed by atoms with Crippen LogP contribution in [-0.2, 0) is 11.0 Å². The lowest BCUT2D eigenvalue weighted by Gasteiger charge is -2.14. The van der Waals surface area contributed by atoms with E-state index in [9.17, 15) is 27.6 Å². The van der Waals surface area contributed by atoms with E-state index in [2.05, 4.69) is 5.32 Å². The van der Waals surface area contributed by atoms with Crippen molar-refractivity contribution in [2.24, 2.45) is 0 Å². The molecule has 3 rings (SSSR count). The minimum absolute atomic E-state index is 0.102. The molecule has 9 heteroatoms. The van der Waals surface area contributed by atoms with Gasteiger partial charge < -0.3 is 5.32 Å². The Labute approximate surface area is 162 Å². The first-order valence-electron chi connectivity index (χ1n) is 8.28. The van der Waals surface area contributed by atoms with Crippen molar-refractivity contribution in [2.45, 2.75) is 6.18 Å². The third kappa shape index (κ3) is 4.19. The molecular formula is C19H15F3N2O3S. The maximum Gasteiger partial charge on any atom is 0.418 e. The average Bonchev–Trinajstić information content (AvgIpc) is 2.90. The third-order valence-electron chi connectivity index (χ3n) is 4.08. The summed E-state index contributed by atoms with van der Waals surface area (Å²) in [5, 5.41) is 2.25. The van der Waals surface area contributed by atoms with Gasteiger partial charge in [0, 0.05) is 12.3 Å². The van der Waals surface area contributed by atoms with E-state index in [4.69, 9.17) is 0 Å². The maximum atomic E-state index is 12.9. The van der Waals surface area contributed by atoms with Crippen LogP contribution in [0.4, 0.5) is 18.9 Å². The van der Waals surface area contributed by atoms with Gasteiger partial charge >= 0.3 is 6.18 Å². The number of para-hydroxylation sites is 1. The fourth-order valence-corrected chi connectivity index (χ4v) is 3.50. The molecule has 1 aliphatic rings. The molecule has 0 unspecified atom stereocenters. The number of halogens is 3. The Morgan fingerprint density at radius 2 is 1.54 bits per heavy atom. The van der Waals surface area contributed by atoms with E-state index in [1.165, 1.54) is 18.2 Å². The molecule has 1 aliphatic heterocycles. The van der Waals surface area contributed by atoms with Gasteiger partial charge in [-0.2, -0.15) is 24.9 Å². The number of imide groups is 1. The predicted octanol–water partition coefficient (Wildman–Crippen LogP) is 3.67. The van der Waals surface area contributed by atoms with Crippen LogP contribution in [0.1, 0.15) is 26.3 Å². The smallest absolute Gasteiger partial charge is 0.325 e. The van der Waals surface area contributed by atoms with Gasteiger partial charge in [-0.05, 0) is 24.3 Å². The van der Waals surface area contributed by atoms with Crippen LogP contribution in [0.25, 0.3) is 0 Å². The van der Waals surface area contributed by atoms with Crippen LogP contribution in [0.15, 0.2) is 48.5 Å². The molecule has 0 atom stereocenters. The number of alkyl halides is 3. The number of rotatable bonds is 6. The van der Waals surface area contributed by atoms with Crippen molar-refractivity contribution in [1.29, 1.82) is 0 Å². The number of anilines is 1. The van der Waals surface area contributed by atoms with Crippen molar-refractivity contribution in [1.82, 2.24) is 4.90 Å². The molecule has 3 amide bonds. The molecule has 1 heterocycles. The first kappa shape index (κ1) is 19.9. The largest absolute Gasteiger partial charge is 0.418 e. The van der Waals surface area contributed by atoms with Gasteiger partial charge in [0.25, 0.3) is 11.8 Å². The Balaban J connectivity index is 1.50. The second-order valence-corrected chi connectivity index (χ2v) is 7.06. The predicted molar refractivity (Wildman–Crippen MR) is 99.2 cm³/mol. The number of hydrogen-bond acceptors (Lipinski definition) is 4. The quantitative estimate of drug-likeness (QED) is 0.585. The lowest BCUT2D eigenvalue weighted by Crippen LogP contribution is -2.32. The second-order valence-electron chi connectivity index (χ2n) is 5.95. The van der Waals surface area contributed by atoms with Gasteiger partial charge in [0.15, 0.2) is 0 Å². The molecule has 1 N–H and O–H groups in total. The summed E-state index contributed by atoms with van der Waals surface area (Å²) in [4.78, 5) is 37.5. The van der Waals surface area contributed by atoms with Gasteiger partial charge in [-0.1, -0.05) is 24.3 Å². The van der Waals surface area contributed by atoms with Crippen molar-refractivity contribution in [3.05, 3.63) is 65.2 Å². The van der Waals surface area contributed by atoms with Crippen molar-refractivity contribution < 1.29 is 27.6 Å². The van der Waals surface area contributed by atoms with E-state index in [0.717, 1.165) is 22.7 Å². The van der Waals surface area contributed by atoms with Gasteiger partial charge in [-0.3, -0.25) is 19.3 Å². The van der Waals surface area contributed by atoms with Crippen molar-refractivity contribution >= 4 is 35.2 Å². The Kier molecular flexibility index (Phi) is 5.73. The van der Waals surface area contributed by atoms with Gasteiger partial charge in [-0.25, -0.2) is 0 Å². The van der Waals surface area contributed by atoms with Crippen molar-refractivity contribution in [3.63, 3.8) is 0 Å². The molecule has 0 aromatic heterocycles. The highest BCUT2D eigenvalue weighted by Crippen LogP contribution is 2.34. The summed E-state index contributed by atoms with van der Waals surface area (Å²) in [5.41, 5.74) is -0.529. The monoisotopic (exact) mass is 408 g/mol. The minimum Gasteiger partial charge on any atom is -0.325 e. The van der Waals surface area contributed by atoms with Crippen LogP contribution in [0.5, 0.6) is 0 Å². The molecule has 0 radical (unpaired) electrons. The highest BCUT2D eigenvalue weighted by Gasteiger charge is 2.35. The molecule has 2 aromatic carbocycles. The number of amides is 3. The van der Waals surface area contributed by atoms with Crippen LogP contribution >= 0.6 is 11.8 Å². The highest BCUT2D eigenvalue weighted by atomic mass is 32.2. The summed E-state index contributed by atoms with van der Waals surface area (Å²) in [6, 6.07) is 11.2. The zero-order chi connectivity index (χ0) is 20.3. The summed E-state index contributed by atoms with van der Waals surface area (Å²) in [6.07, 6.45) is -4.57. The molecule has 0 saturated carbocycles. The maximum absolute atomic E-state index is 12.9. The van der Waals surface area contributed by atoms with E-state index < -0.39 is 17.6 Å². The highest BCUT2D eigenvalue weighted by molar-refractivity contribution is 7.99. The van der Waals surface area contributed by atoms with E-state index in [1.807, 2.05) is 0 Å². The number of nitrogens with one attached hydrogen (secondary N) is 1. The van der Waals surface area contributed by atoms with E-state index in [1.54, 1.807) is 24.3 Å². The normalized spacial score (nSPS) is 13.6. The van der Waals surface area contributed by atoms with Crippen LogP contribution < -0.4 is 5.32 Å².